The van der Waals surface area contributed by atoms with Crippen molar-refractivity contribution in [3.63, 3.8) is 0 Å². The van der Waals surface area contributed by atoms with E-state index in [0.29, 0.717) is 35.1 Å². The predicted molar refractivity (Wildman–Crippen MR) is 119 cm³/mol. The molecule has 0 unspecified atom stereocenters. The molecule has 3 heterocycles. The van der Waals surface area contributed by atoms with Crippen LogP contribution in [0.4, 0.5) is 0 Å². The van der Waals surface area contributed by atoms with Crippen molar-refractivity contribution in [2.45, 2.75) is 12.8 Å². The third-order valence-corrected chi connectivity index (χ3v) is 5.41. The van der Waals surface area contributed by atoms with Crippen LogP contribution in [0.2, 0.25) is 0 Å². The van der Waals surface area contributed by atoms with Gasteiger partial charge in [0, 0.05) is 48.3 Å². The maximum atomic E-state index is 12.8. The van der Waals surface area contributed by atoms with Crippen molar-refractivity contribution in [1.29, 1.82) is 0 Å². The highest BCUT2D eigenvalue weighted by atomic mass is 16.5. The summed E-state index contributed by atoms with van der Waals surface area (Å²) in [5.41, 5.74) is 2.38. The Bertz CT molecular complexity index is 1410. The molecule has 0 amide bonds. The summed E-state index contributed by atoms with van der Waals surface area (Å²) in [6, 6.07) is 14.3. The average Bonchev–Trinajstić information content (AvgIpc) is 3.50. The lowest BCUT2D eigenvalue weighted by atomic mass is 10.1. The van der Waals surface area contributed by atoms with Gasteiger partial charge in [-0.15, -0.1) is 0 Å². The van der Waals surface area contributed by atoms with Gasteiger partial charge in [-0.1, -0.05) is 18.2 Å². The van der Waals surface area contributed by atoms with Crippen LogP contribution in [0.25, 0.3) is 17.0 Å². The summed E-state index contributed by atoms with van der Waals surface area (Å²) in [5, 5.41) is 4.72. The Kier molecular flexibility index (Phi) is 5.18. The number of para-hydroxylation sites is 1. The van der Waals surface area contributed by atoms with Gasteiger partial charge in [0.05, 0.1) is 19.1 Å². The number of nitrogens with zero attached hydrogens (tertiary/aromatic N) is 2. The third-order valence-electron chi connectivity index (χ3n) is 5.41. The first-order valence-corrected chi connectivity index (χ1v) is 10.3. The molecule has 8 heteroatoms. The number of aromatic nitrogens is 2. The molecule has 0 bridgehead atoms. The molecular weight excluding hydrogens is 424 g/mol. The SMILES string of the molecule is COc1cc(CCC(=O)Oc2ccc3c(c2)O/C(=C\c2cn(C)c4ccccc24)C3=O)on1. The Hall–Kier alpha value is -4.33. The van der Waals surface area contributed by atoms with Crippen molar-refractivity contribution in [2.75, 3.05) is 7.11 Å². The fourth-order valence-electron chi connectivity index (χ4n) is 3.78. The normalized spacial score (nSPS) is 13.9. The number of hydrogen-bond donors (Lipinski definition) is 0. The minimum Gasteiger partial charge on any atom is -0.479 e. The van der Waals surface area contributed by atoms with Crippen LogP contribution in [0.1, 0.15) is 28.1 Å². The van der Waals surface area contributed by atoms with Gasteiger partial charge in [-0.25, -0.2) is 0 Å². The van der Waals surface area contributed by atoms with E-state index in [0.717, 1.165) is 16.5 Å². The number of rotatable bonds is 6. The standard InChI is InChI=1S/C25H20N2O6/c1-27-14-15(18-5-3-4-6-20(18)27)11-22-25(29)19-9-7-16(12-21(19)32-22)31-24(28)10-8-17-13-23(30-2)26-33-17/h3-7,9,11-14H,8,10H2,1-2H3/b22-11-. The van der Waals surface area contributed by atoms with Gasteiger partial charge in [0.15, 0.2) is 5.76 Å². The van der Waals surface area contributed by atoms with Crippen LogP contribution in [0.3, 0.4) is 0 Å². The molecule has 0 radical (unpaired) electrons. The van der Waals surface area contributed by atoms with Crippen LogP contribution in [0, 0.1) is 0 Å². The fourth-order valence-corrected chi connectivity index (χ4v) is 3.78. The largest absolute Gasteiger partial charge is 0.479 e. The highest BCUT2D eigenvalue weighted by Gasteiger charge is 2.28. The summed E-state index contributed by atoms with van der Waals surface area (Å²) >= 11 is 0. The zero-order valence-electron chi connectivity index (χ0n) is 18.0. The first-order chi connectivity index (χ1) is 16.0. The molecule has 0 spiro atoms. The number of aryl methyl sites for hydroxylation is 2. The summed E-state index contributed by atoms with van der Waals surface area (Å²) in [6.45, 7) is 0. The van der Waals surface area contributed by atoms with Crippen molar-refractivity contribution in [3.05, 3.63) is 77.4 Å². The number of hydrogen-bond acceptors (Lipinski definition) is 7. The first-order valence-electron chi connectivity index (χ1n) is 10.3. The van der Waals surface area contributed by atoms with Crippen LogP contribution in [-0.2, 0) is 18.3 Å². The van der Waals surface area contributed by atoms with Crippen LogP contribution in [-0.4, -0.2) is 28.6 Å². The lowest BCUT2D eigenvalue weighted by molar-refractivity contribution is -0.134. The van der Waals surface area contributed by atoms with E-state index in [1.165, 1.54) is 7.11 Å². The summed E-state index contributed by atoms with van der Waals surface area (Å²) in [4.78, 5) is 25.1. The second kappa shape index (κ2) is 8.31. The maximum Gasteiger partial charge on any atom is 0.311 e. The predicted octanol–water partition coefficient (Wildman–Crippen LogP) is 4.33. The molecule has 0 saturated carbocycles. The summed E-state index contributed by atoms with van der Waals surface area (Å²) in [6.07, 6.45) is 4.12. The molecule has 1 aliphatic heterocycles. The smallest absolute Gasteiger partial charge is 0.311 e. The highest BCUT2D eigenvalue weighted by molar-refractivity contribution is 6.15. The molecule has 4 aromatic rings. The molecule has 166 valence electrons. The second-order valence-electron chi connectivity index (χ2n) is 7.62. The number of ether oxygens (including phenoxy) is 3. The Labute approximate surface area is 188 Å². The Morgan fingerprint density at radius 1 is 1.18 bits per heavy atom. The zero-order chi connectivity index (χ0) is 22.9. The minimum absolute atomic E-state index is 0.0987. The fraction of sp³-hybridized carbons (Fsp3) is 0.160. The van der Waals surface area contributed by atoms with E-state index in [1.807, 2.05) is 42.1 Å². The number of carbonyl (C=O) groups is 2. The number of carbonyl (C=O) groups excluding carboxylic acids is 2. The lowest BCUT2D eigenvalue weighted by Crippen LogP contribution is -2.08. The summed E-state index contributed by atoms with van der Waals surface area (Å²) < 4.78 is 23.2. The van der Waals surface area contributed by atoms with Crippen LogP contribution in [0.15, 0.2) is 65.0 Å². The van der Waals surface area contributed by atoms with Gasteiger partial charge >= 0.3 is 5.97 Å². The number of benzene rings is 2. The average molecular weight is 444 g/mol. The van der Waals surface area contributed by atoms with Gasteiger partial charge < -0.3 is 23.3 Å². The molecular formula is C25H20N2O6. The number of allylic oxidation sites excluding steroid dienone is 1. The van der Waals surface area contributed by atoms with Gasteiger partial charge in [0.2, 0.25) is 5.78 Å². The number of methoxy groups -OCH3 is 1. The monoisotopic (exact) mass is 444 g/mol. The Morgan fingerprint density at radius 2 is 2.03 bits per heavy atom. The van der Waals surface area contributed by atoms with Gasteiger partial charge in [0.25, 0.3) is 5.88 Å². The maximum absolute atomic E-state index is 12.8. The molecule has 5 rings (SSSR count). The summed E-state index contributed by atoms with van der Waals surface area (Å²) in [7, 11) is 3.44. The van der Waals surface area contributed by atoms with E-state index < -0.39 is 5.97 Å². The molecule has 0 fully saturated rings. The minimum atomic E-state index is -0.443. The molecule has 0 aliphatic carbocycles. The van der Waals surface area contributed by atoms with Gasteiger partial charge in [-0.3, -0.25) is 9.59 Å². The highest BCUT2D eigenvalue weighted by Crippen LogP contribution is 2.36. The van der Waals surface area contributed by atoms with Gasteiger partial charge in [-0.2, -0.15) is 0 Å². The number of esters is 1. The molecule has 8 nitrogen and oxygen atoms in total. The van der Waals surface area contributed by atoms with Crippen LogP contribution >= 0.6 is 0 Å². The topological polar surface area (TPSA) is 92.8 Å². The molecule has 33 heavy (non-hydrogen) atoms. The van der Waals surface area contributed by atoms with Gasteiger partial charge in [0.1, 0.15) is 17.3 Å². The van der Waals surface area contributed by atoms with E-state index in [9.17, 15) is 9.59 Å². The van der Waals surface area contributed by atoms with E-state index in [4.69, 9.17) is 18.7 Å². The van der Waals surface area contributed by atoms with Crippen molar-refractivity contribution in [3.8, 4) is 17.4 Å². The van der Waals surface area contributed by atoms with Crippen molar-refractivity contribution >= 4 is 28.7 Å². The van der Waals surface area contributed by atoms with Crippen molar-refractivity contribution in [1.82, 2.24) is 9.72 Å². The summed E-state index contributed by atoms with van der Waals surface area (Å²) in [5.74, 6) is 1.10. The molecule has 2 aromatic heterocycles. The van der Waals surface area contributed by atoms with Crippen molar-refractivity contribution < 1.29 is 28.3 Å². The van der Waals surface area contributed by atoms with E-state index >= 15 is 0 Å². The number of Topliss-reactive ketones (excluding diaryl/α,β-unsaturated/α-hetero) is 1. The lowest BCUT2D eigenvalue weighted by Gasteiger charge is -2.05. The molecule has 0 saturated heterocycles. The molecule has 2 aromatic carbocycles. The second-order valence-corrected chi connectivity index (χ2v) is 7.62. The number of ketones is 1. The quantitative estimate of drug-likeness (QED) is 0.248. The van der Waals surface area contributed by atoms with Crippen molar-refractivity contribution in [2.24, 2.45) is 7.05 Å². The van der Waals surface area contributed by atoms with Crippen LogP contribution < -0.4 is 14.2 Å². The number of fused-ring (bicyclic) bond motifs is 2. The van der Waals surface area contributed by atoms with E-state index in [1.54, 1.807) is 30.3 Å². The Balaban J connectivity index is 1.29. The third kappa shape index (κ3) is 3.98. The molecule has 1 aliphatic rings. The van der Waals surface area contributed by atoms with Gasteiger partial charge in [-0.05, 0) is 29.4 Å². The first kappa shape index (κ1) is 20.6. The van der Waals surface area contributed by atoms with E-state index in [2.05, 4.69) is 5.16 Å². The Morgan fingerprint density at radius 3 is 2.85 bits per heavy atom. The van der Waals surface area contributed by atoms with Crippen LogP contribution in [0.5, 0.6) is 17.4 Å². The zero-order valence-corrected chi connectivity index (χ0v) is 18.0. The van der Waals surface area contributed by atoms with E-state index in [-0.39, 0.29) is 18.0 Å². The molecule has 0 N–H and O–H groups in total. The molecule has 0 atom stereocenters.